The normalized spacial score (nSPS) is 22.4. The summed E-state index contributed by atoms with van der Waals surface area (Å²) in [6.07, 6.45) is 5.38. The van der Waals surface area contributed by atoms with E-state index in [4.69, 9.17) is 4.74 Å². The van der Waals surface area contributed by atoms with Crippen LogP contribution < -0.4 is 10.6 Å². The minimum Gasteiger partial charge on any atom is -0.382 e. The summed E-state index contributed by atoms with van der Waals surface area (Å²) in [5.74, 6) is 0.0167. The molecule has 1 aliphatic heterocycles. The van der Waals surface area contributed by atoms with Crippen molar-refractivity contribution >= 4 is 5.91 Å². The molecule has 2 N–H and O–H groups in total. The van der Waals surface area contributed by atoms with Crippen LogP contribution in [-0.2, 0) is 16.1 Å². The van der Waals surface area contributed by atoms with E-state index in [0.717, 1.165) is 30.5 Å². The third-order valence-corrected chi connectivity index (χ3v) is 3.64. The van der Waals surface area contributed by atoms with E-state index in [2.05, 4.69) is 15.6 Å². The largest absolute Gasteiger partial charge is 0.382 e. The molecular formula is C14H21N3O2. The number of methoxy groups -OCH3 is 1. The first-order valence-electron chi connectivity index (χ1n) is 6.60. The topological polar surface area (TPSA) is 63.2 Å². The maximum atomic E-state index is 12.4. The Morgan fingerprint density at radius 2 is 2.47 bits per heavy atom. The second-order valence-electron chi connectivity index (χ2n) is 5.03. The number of hydrogen-bond donors (Lipinski definition) is 2. The van der Waals surface area contributed by atoms with Crippen molar-refractivity contribution in [3.8, 4) is 0 Å². The zero-order valence-electron chi connectivity index (χ0n) is 11.5. The summed E-state index contributed by atoms with van der Waals surface area (Å²) in [7, 11) is 1.63. The second-order valence-corrected chi connectivity index (χ2v) is 5.03. The number of hydrogen-bond acceptors (Lipinski definition) is 4. The lowest BCUT2D eigenvalue weighted by Gasteiger charge is -2.27. The highest BCUT2D eigenvalue weighted by Crippen LogP contribution is 2.20. The number of carbonyl (C=O) groups excluding carboxylic acids is 1. The molecule has 1 amide bonds. The first-order valence-corrected chi connectivity index (χ1v) is 6.60. The van der Waals surface area contributed by atoms with E-state index >= 15 is 0 Å². The summed E-state index contributed by atoms with van der Waals surface area (Å²) in [5.41, 5.74) is 1.62. The summed E-state index contributed by atoms with van der Waals surface area (Å²) in [4.78, 5) is 16.4. The van der Waals surface area contributed by atoms with Crippen LogP contribution in [-0.4, -0.2) is 36.7 Å². The summed E-state index contributed by atoms with van der Waals surface area (Å²) in [5, 5.41) is 6.27. The molecule has 1 aliphatic rings. The van der Waals surface area contributed by atoms with Crippen LogP contribution in [0.4, 0.5) is 0 Å². The number of amides is 1. The minimum absolute atomic E-state index is 0.0167. The Morgan fingerprint density at radius 3 is 3.11 bits per heavy atom. The van der Waals surface area contributed by atoms with Gasteiger partial charge in [-0.3, -0.25) is 9.78 Å². The lowest BCUT2D eigenvalue weighted by molar-refractivity contribution is -0.129. The molecule has 104 valence electrons. The van der Waals surface area contributed by atoms with Crippen LogP contribution in [0.25, 0.3) is 0 Å². The van der Waals surface area contributed by atoms with Crippen molar-refractivity contribution in [1.82, 2.24) is 15.6 Å². The number of rotatable bonds is 5. The Kier molecular flexibility index (Phi) is 4.50. The van der Waals surface area contributed by atoms with Crippen molar-refractivity contribution in [3.05, 3.63) is 29.6 Å². The highest BCUT2D eigenvalue weighted by atomic mass is 16.5. The molecule has 5 nitrogen and oxygen atoms in total. The van der Waals surface area contributed by atoms with Gasteiger partial charge in [-0.05, 0) is 43.5 Å². The summed E-state index contributed by atoms with van der Waals surface area (Å²) >= 11 is 0. The summed E-state index contributed by atoms with van der Waals surface area (Å²) in [6.45, 7) is 3.80. The van der Waals surface area contributed by atoms with E-state index in [1.165, 1.54) is 0 Å². The van der Waals surface area contributed by atoms with Gasteiger partial charge in [0.2, 0.25) is 5.91 Å². The van der Waals surface area contributed by atoms with Gasteiger partial charge in [-0.25, -0.2) is 0 Å². The molecule has 5 heteroatoms. The average molecular weight is 263 g/mol. The van der Waals surface area contributed by atoms with Crippen LogP contribution in [0.1, 0.15) is 24.0 Å². The molecule has 0 spiro atoms. The lowest BCUT2D eigenvalue weighted by atomic mass is 9.97. The van der Waals surface area contributed by atoms with E-state index in [9.17, 15) is 4.79 Å². The summed E-state index contributed by atoms with van der Waals surface area (Å²) < 4.78 is 5.19. The Morgan fingerprint density at radius 1 is 1.63 bits per heavy atom. The van der Waals surface area contributed by atoms with Crippen molar-refractivity contribution in [2.75, 3.05) is 20.3 Å². The van der Waals surface area contributed by atoms with Gasteiger partial charge in [0.1, 0.15) is 5.54 Å². The Hall–Kier alpha value is -1.46. The highest BCUT2D eigenvalue weighted by Gasteiger charge is 2.40. The van der Waals surface area contributed by atoms with Gasteiger partial charge in [-0.1, -0.05) is 0 Å². The average Bonchev–Trinajstić information content (AvgIpc) is 2.88. The number of pyridine rings is 1. The number of carbonyl (C=O) groups is 1. The van der Waals surface area contributed by atoms with Gasteiger partial charge in [0.25, 0.3) is 0 Å². The standard InChI is InChI=1S/C14H21N3O2/c1-11-8-15-7-4-12(11)9-16-13(18)14(10-19-2)5-3-6-17-14/h4,7-8,17H,3,5-6,9-10H2,1-2H3,(H,16,18). The summed E-state index contributed by atoms with van der Waals surface area (Å²) in [6, 6.07) is 1.93. The van der Waals surface area contributed by atoms with E-state index in [0.29, 0.717) is 13.2 Å². The quantitative estimate of drug-likeness (QED) is 0.824. The maximum Gasteiger partial charge on any atom is 0.242 e. The molecule has 19 heavy (non-hydrogen) atoms. The molecule has 1 aromatic heterocycles. The fourth-order valence-corrected chi connectivity index (χ4v) is 2.48. The van der Waals surface area contributed by atoms with Gasteiger partial charge in [0, 0.05) is 26.0 Å². The van der Waals surface area contributed by atoms with Crippen LogP contribution in [0.5, 0.6) is 0 Å². The van der Waals surface area contributed by atoms with Crippen molar-refractivity contribution in [3.63, 3.8) is 0 Å². The molecule has 0 aromatic carbocycles. The number of ether oxygens (including phenoxy) is 1. The molecule has 2 rings (SSSR count). The number of nitrogens with one attached hydrogen (secondary N) is 2. The molecule has 0 saturated carbocycles. The fourth-order valence-electron chi connectivity index (χ4n) is 2.48. The Balaban J connectivity index is 1.98. The van der Waals surface area contributed by atoms with Gasteiger partial charge in [0.05, 0.1) is 6.61 Å². The molecule has 1 atom stereocenters. The SMILES string of the molecule is COCC1(C(=O)NCc2ccncc2C)CCCN1. The van der Waals surface area contributed by atoms with Crippen molar-refractivity contribution in [2.24, 2.45) is 0 Å². The van der Waals surface area contributed by atoms with Crippen LogP contribution in [0.3, 0.4) is 0 Å². The number of nitrogens with zero attached hydrogens (tertiary/aromatic N) is 1. The molecule has 0 bridgehead atoms. The van der Waals surface area contributed by atoms with Crippen LogP contribution in [0, 0.1) is 6.92 Å². The third kappa shape index (κ3) is 3.11. The van der Waals surface area contributed by atoms with E-state index < -0.39 is 5.54 Å². The highest BCUT2D eigenvalue weighted by molar-refractivity contribution is 5.86. The van der Waals surface area contributed by atoms with Gasteiger partial charge in [-0.15, -0.1) is 0 Å². The molecular weight excluding hydrogens is 242 g/mol. The Labute approximate surface area is 113 Å². The van der Waals surface area contributed by atoms with Crippen LogP contribution in [0.2, 0.25) is 0 Å². The van der Waals surface area contributed by atoms with E-state index in [1.807, 2.05) is 13.0 Å². The first-order chi connectivity index (χ1) is 9.18. The van der Waals surface area contributed by atoms with Gasteiger partial charge < -0.3 is 15.4 Å². The zero-order chi connectivity index (χ0) is 13.7. The van der Waals surface area contributed by atoms with Crippen LogP contribution in [0.15, 0.2) is 18.5 Å². The number of aryl methyl sites for hydroxylation is 1. The molecule has 1 aromatic rings. The monoisotopic (exact) mass is 263 g/mol. The zero-order valence-corrected chi connectivity index (χ0v) is 11.5. The van der Waals surface area contributed by atoms with Gasteiger partial charge >= 0.3 is 0 Å². The first kappa shape index (κ1) is 14.0. The maximum absolute atomic E-state index is 12.4. The number of aromatic nitrogens is 1. The minimum atomic E-state index is -0.560. The van der Waals surface area contributed by atoms with Gasteiger partial charge in [-0.2, -0.15) is 0 Å². The predicted octanol–water partition coefficient (Wildman–Crippen LogP) is 0.775. The molecule has 1 saturated heterocycles. The van der Waals surface area contributed by atoms with Crippen molar-refractivity contribution in [2.45, 2.75) is 31.8 Å². The molecule has 2 heterocycles. The molecule has 1 fully saturated rings. The smallest absolute Gasteiger partial charge is 0.242 e. The predicted molar refractivity (Wildman–Crippen MR) is 72.7 cm³/mol. The van der Waals surface area contributed by atoms with Gasteiger partial charge in [0.15, 0.2) is 0 Å². The lowest BCUT2D eigenvalue weighted by Crippen LogP contribution is -2.56. The Bertz CT molecular complexity index is 442. The molecule has 1 unspecified atom stereocenters. The van der Waals surface area contributed by atoms with Crippen LogP contribution >= 0.6 is 0 Å². The molecule has 0 aliphatic carbocycles. The van der Waals surface area contributed by atoms with Crippen molar-refractivity contribution < 1.29 is 9.53 Å². The van der Waals surface area contributed by atoms with E-state index in [1.54, 1.807) is 19.5 Å². The van der Waals surface area contributed by atoms with E-state index in [-0.39, 0.29) is 5.91 Å². The third-order valence-electron chi connectivity index (χ3n) is 3.64. The van der Waals surface area contributed by atoms with Crippen molar-refractivity contribution in [1.29, 1.82) is 0 Å². The fraction of sp³-hybridized carbons (Fsp3) is 0.571. The second kappa shape index (κ2) is 6.12. The molecule has 0 radical (unpaired) electrons.